The van der Waals surface area contributed by atoms with E-state index in [-0.39, 0.29) is 34.3 Å². The van der Waals surface area contributed by atoms with Crippen molar-refractivity contribution in [3.8, 4) is 17.2 Å². The number of sulfonamides is 1. The number of halogens is 2. The van der Waals surface area contributed by atoms with Gasteiger partial charge in [-0.15, -0.1) is 0 Å². The molecule has 0 spiro atoms. The molecule has 8 nitrogen and oxygen atoms in total. The Labute approximate surface area is 220 Å². The van der Waals surface area contributed by atoms with Crippen LogP contribution in [0.2, 0.25) is 10.0 Å². The first kappa shape index (κ1) is 27.4. The van der Waals surface area contributed by atoms with E-state index in [1.54, 1.807) is 30.3 Å². The molecule has 0 unspecified atom stereocenters. The minimum Gasteiger partial charge on any atom is -0.495 e. The lowest BCUT2D eigenvalue weighted by atomic mass is 10.0. The van der Waals surface area contributed by atoms with Crippen LogP contribution in [0.25, 0.3) is 0 Å². The third-order valence-corrected chi connectivity index (χ3v) is 7.84. The van der Waals surface area contributed by atoms with E-state index in [1.807, 2.05) is 12.1 Å². The van der Waals surface area contributed by atoms with Crippen molar-refractivity contribution in [1.29, 1.82) is 0 Å². The quantitative estimate of drug-likeness (QED) is 0.396. The van der Waals surface area contributed by atoms with Crippen molar-refractivity contribution in [2.24, 2.45) is 0 Å². The summed E-state index contributed by atoms with van der Waals surface area (Å²) in [6, 6.07) is 14.7. The number of rotatable bonds is 10. The van der Waals surface area contributed by atoms with Gasteiger partial charge in [0.2, 0.25) is 5.91 Å². The number of carbonyl (C=O) groups excluding carboxylic acids is 1. The number of anilines is 1. The molecule has 0 bridgehead atoms. The Morgan fingerprint density at radius 3 is 2.14 bits per heavy atom. The molecule has 0 aliphatic heterocycles. The van der Waals surface area contributed by atoms with Crippen molar-refractivity contribution >= 4 is 44.8 Å². The maximum atomic E-state index is 14.1. The molecule has 0 saturated carbocycles. The van der Waals surface area contributed by atoms with E-state index < -0.39 is 22.5 Å². The molecule has 0 radical (unpaired) electrons. The number of methoxy groups -OCH3 is 3. The minimum absolute atomic E-state index is 0.0242. The van der Waals surface area contributed by atoms with E-state index in [0.717, 1.165) is 9.87 Å². The number of ether oxygens (including phenoxy) is 3. The third-order valence-electron chi connectivity index (χ3n) is 5.45. The van der Waals surface area contributed by atoms with Crippen LogP contribution in [-0.4, -0.2) is 49.2 Å². The molecule has 0 saturated heterocycles. The van der Waals surface area contributed by atoms with Gasteiger partial charge >= 0.3 is 0 Å². The van der Waals surface area contributed by atoms with Crippen molar-refractivity contribution in [2.75, 3.05) is 39.2 Å². The first-order chi connectivity index (χ1) is 17.2. The van der Waals surface area contributed by atoms with Gasteiger partial charge in [-0.3, -0.25) is 9.10 Å². The second-order valence-electron chi connectivity index (χ2n) is 7.58. The maximum Gasteiger partial charge on any atom is 0.268 e. The molecule has 3 aromatic carbocycles. The maximum absolute atomic E-state index is 14.1. The lowest BCUT2D eigenvalue weighted by molar-refractivity contribution is -0.119. The van der Waals surface area contributed by atoms with E-state index in [4.69, 9.17) is 37.4 Å². The number of likely N-dealkylation sites (N-methyl/N-ethyl adjacent to an activating group) is 1. The topological polar surface area (TPSA) is 94.2 Å². The van der Waals surface area contributed by atoms with Gasteiger partial charge in [0.05, 0.1) is 27.0 Å². The summed E-state index contributed by atoms with van der Waals surface area (Å²) in [5, 5.41) is 3.40. The highest BCUT2D eigenvalue weighted by atomic mass is 35.5. The average Bonchev–Trinajstić information content (AvgIpc) is 2.87. The standard InChI is InChI=1S/C25H26Cl2N2O6S/c1-28-25(30)15-29(36(31,32)24-14-22(34-3)21(33-2)13-23(24)35-4)20-10-9-18(26)12-17(20)11-16-7-5-6-8-19(16)27/h5-10,12-14H,11,15H2,1-4H3,(H,28,30). The molecule has 0 aromatic heterocycles. The fourth-order valence-electron chi connectivity index (χ4n) is 3.62. The van der Waals surface area contributed by atoms with Gasteiger partial charge in [0, 0.05) is 35.6 Å². The summed E-state index contributed by atoms with van der Waals surface area (Å²) < 4.78 is 45.2. The number of nitrogens with one attached hydrogen (secondary N) is 1. The van der Waals surface area contributed by atoms with Gasteiger partial charge in [-0.25, -0.2) is 8.42 Å². The SMILES string of the molecule is CNC(=O)CN(c1ccc(Cl)cc1Cc1ccccc1Cl)S(=O)(=O)c1cc(OC)c(OC)cc1OC. The van der Waals surface area contributed by atoms with Crippen LogP contribution in [0.1, 0.15) is 11.1 Å². The fraction of sp³-hybridized carbons (Fsp3) is 0.240. The molecule has 3 rings (SSSR count). The van der Waals surface area contributed by atoms with Gasteiger partial charge in [0.25, 0.3) is 10.0 Å². The highest BCUT2D eigenvalue weighted by Gasteiger charge is 2.33. The Bertz CT molecular complexity index is 1360. The van der Waals surface area contributed by atoms with Crippen LogP contribution in [-0.2, 0) is 21.2 Å². The third kappa shape index (κ3) is 5.80. The second-order valence-corrected chi connectivity index (χ2v) is 10.3. The zero-order valence-electron chi connectivity index (χ0n) is 20.2. The van der Waals surface area contributed by atoms with Gasteiger partial charge in [-0.2, -0.15) is 0 Å². The number of amides is 1. The van der Waals surface area contributed by atoms with Crippen LogP contribution in [0.4, 0.5) is 5.69 Å². The van der Waals surface area contributed by atoms with Crippen LogP contribution in [0.15, 0.2) is 59.5 Å². The molecule has 3 aromatic rings. The van der Waals surface area contributed by atoms with Crippen LogP contribution in [0, 0.1) is 0 Å². The summed E-state index contributed by atoms with van der Waals surface area (Å²) in [6.07, 6.45) is 0.276. The Balaban J connectivity index is 2.24. The smallest absolute Gasteiger partial charge is 0.268 e. The monoisotopic (exact) mass is 552 g/mol. The van der Waals surface area contributed by atoms with E-state index in [9.17, 15) is 13.2 Å². The van der Waals surface area contributed by atoms with Gasteiger partial charge in [0.1, 0.15) is 17.2 Å². The molecule has 11 heteroatoms. The molecule has 1 N–H and O–H groups in total. The molecule has 0 aliphatic carbocycles. The number of hydrogen-bond acceptors (Lipinski definition) is 6. The Hall–Kier alpha value is -3.14. The number of hydrogen-bond donors (Lipinski definition) is 1. The molecule has 0 heterocycles. The molecule has 0 aliphatic rings. The number of nitrogens with zero attached hydrogens (tertiary/aromatic N) is 1. The molecule has 1 amide bonds. The van der Waals surface area contributed by atoms with Crippen LogP contribution >= 0.6 is 23.2 Å². The predicted molar refractivity (Wildman–Crippen MR) is 140 cm³/mol. The van der Waals surface area contributed by atoms with Crippen molar-refractivity contribution in [3.05, 3.63) is 75.8 Å². The first-order valence-electron chi connectivity index (χ1n) is 10.7. The van der Waals surface area contributed by atoms with E-state index in [2.05, 4.69) is 5.32 Å². The summed E-state index contributed by atoms with van der Waals surface area (Å²) in [7, 11) is 1.23. The summed E-state index contributed by atoms with van der Waals surface area (Å²) in [4.78, 5) is 12.3. The number of carbonyl (C=O) groups is 1. The summed E-state index contributed by atoms with van der Waals surface area (Å²) in [5.41, 5.74) is 1.59. The zero-order valence-corrected chi connectivity index (χ0v) is 22.5. The first-order valence-corrected chi connectivity index (χ1v) is 12.9. The highest BCUT2D eigenvalue weighted by Crippen LogP contribution is 2.40. The average molecular weight is 553 g/mol. The van der Waals surface area contributed by atoms with Gasteiger partial charge in [0.15, 0.2) is 11.5 Å². The lowest BCUT2D eigenvalue weighted by Crippen LogP contribution is -2.40. The van der Waals surface area contributed by atoms with Crippen LogP contribution in [0.5, 0.6) is 17.2 Å². The van der Waals surface area contributed by atoms with Gasteiger partial charge < -0.3 is 19.5 Å². The van der Waals surface area contributed by atoms with Gasteiger partial charge in [-0.1, -0.05) is 41.4 Å². The predicted octanol–water partition coefficient (Wildman–Crippen LogP) is 4.55. The Morgan fingerprint density at radius 1 is 0.889 bits per heavy atom. The van der Waals surface area contributed by atoms with E-state index in [1.165, 1.54) is 40.5 Å². The highest BCUT2D eigenvalue weighted by molar-refractivity contribution is 7.93. The van der Waals surface area contributed by atoms with Crippen molar-refractivity contribution in [2.45, 2.75) is 11.3 Å². The van der Waals surface area contributed by atoms with E-state index >= 15 is 0 Å². The summed E-state index contributed by atoms with van der Waals surface area (Å²) in [6.45, 7) is -0.493. The molecule has 192 valence electrons. The van der Waals surface area contributed by atoms with Crippen LogP contribution < -0.4 is 23.8 Å². The van der Waals surface area contributed by atoms with E-state index in [0.29, 0.717) is 15.6 Å². The van der Waals surface area contributed by atoms with Crippen LogP contribution in [0.3, 0.4) is 0 Å². The normalized spacial score (nSPS) is 11.1. The van der Waals surface area contributed by atoms with Crippen molar-refractivity contribution in [1.82, 2.24) is 5.32 Å². The molecule has 0 fully saturated rings. The summed E-state index contributed by atoms with van der Waals surface area (Å²) in [5.74, 6) is -0.0194. The molecule has 0 atom stereocenters. The van der Waals surface area contributed by atoms with Gasteiger partial charge in [-0.05, 0) is 35.4 Å². The fourth-order valence-corrected chi connectivity index (χ4v) is 5.63. The zero-order chi connectivity index (χ0) is 26.5. The van der Waals surface area contributed by atoms with Crippen molar-refractivity contribution in [3.63, 3.8) is 0 Å². The van der Waals surface area contributed by atoms with Crippen molar-refractivity contribution < 1.29 is 27.4 Å². The Kier molecular flexibility index (Phi) is 8.94. The largest absolute Gasteiger partial charge is 0.495 e. The molecular formula is C25H26Cl2N2O6S. The lowest BCUT2D eigenvalue weighted by Gasteiger charge is -2.27. The summed E-state index contributed by atoms with van der Waals surface area (Å²) >= 11 is 12.7. The second kappa shape index (κ2) is 11.7. The minimum atomic E-state index is -4.36. The molecule has 36 heavy (non-hydrogen) atoms. The Morgan fingerprint density at radius 2 is 1.53 bits per heavy atom. The number of benzene rings is 3. The molecular weight excluding hydrogens is 527 g/mol.